The van der Waals surface area contributed by atoms with E-state index in [0.717, 1.165) is 5.56 Å². The van der Waals surface area contributed by atoms with Crippen LogP contribution in [0.4, 0.5) is 0 Å². The van der Waals surface area contributed by atoms with Gasteiger partial charge in [-0.2, -0.15) is 0 Å². The summed E-state index contributed by atoms with van der Waals surface area (Å²) in [6.07, 6.45) is -5.34. The molecule has 7 atom stereocenters. The number of ether oxygens (including phenoxy) is 4. The number of carbonyl (C=O) groups is 1. The number of phenols is 2. The molecule has 208 valence electrons. The van der Waals surface area contributed by atoms with Crippen LogP contribution in [0.2, 0.25) is 0 Å². The molecule has 0 spiro atoms. The average molecular weight is 535 g/mol. The maximum absolute atomic E-state index is 13.4. The second-order valence-electron chi connectivity index (χ2n) is 9.88. The van der Waals surface area contributed by atoms with Crippen LogP contribution >= 0.6 is 0 Å². The Morgan fingerprint density at radius 2 is 1.53 bits per heavy atom. The van der Waals surface area contributed by atoms with E-state index in [1.54, 1.807) is 24.3 Å². The Bertz CT molecular complexity index is 1140. The normalized spacial score (nSPS) is 31.2. The number of hydrogen-bond acceptors (Lipinski definition) is 11. The third-order valence-corrected chi connectivity index (χ3v) is 7.55. The molecular formula is C27H34O11. The van der Waals surface area contributed by atoms with Gasteiger partial charge in [0.15, 0.2) is 28.6 Å². The molecule has 2 aliphatic rings. The second kappa shape index (κ2) is 11.3. The minimum absolute atomic E-state index is 0.00529. The first-order chi connectivity index (χ1) is 18.1. The molecule has 0 aromatic heterocycles. The fourth-order valence-corrected chi connectivity index (χ4v) is 5.34. The van der Waals surface area contributed by atoms with E-state index in [2.05, 4.69) is 0 Å². The number of esters is 1. The van der Waals surface area contributed by atoms with Gasteiger partial charge in [-0.05, 0) is 48.2 Å². The molecule has 2 fully saturated rings. The van der Waals surface area contributed by atoms with E-state index >= 15 is 0 Å². The molecule has 4 rings (SSSR count). The first-order valence-corrected chi connectivity index (χ1v) is 12.3. The van der Waals surface area contributed by atoms with Crippen molar-refractivity contribution in [2.24, 2.45) is 11.8 Å². The highest BCUT2D eigenvalue weighted by Crippen LogP contribution is 2.42. The SMILES string of the molecule is COc1cc(C[C@H]2COC(=O)[C@@]2(Cc2ccc(O)c(OC)c2)O[C@@H]2C[C@H](CO)[C@@H](O)[C@H](O)[C@H]2O)ccc1O. The lowest BCUT2D eigenvalue weighted by Crippen LogP contribution is -2.59. The molecule has 0 amide bonds. The molecule has 2 aromatic rings. The third kappa shape index (κ3) is 5.25. The van der Waals surface area contributed by atoms with Crippen LogP contribution in [0, 0.1) is 11.8 Å². The molecule has 2 aromatic carbocycles. The van der Waals surface area contributed by atoms with Gasteiger partial charge in [-0.25, -0.2) is 4.79 Å². The van der Waals surface area contributed by atoms with Crippen molar-refractivity contribution < 1.29 is 54.4 Å². The smallest absolute Gasteiger partial charge is 0.339 e. The van der Waals surface area contributed by atoms with E-state index < -0.39 is 54.4 Å². The summed E-state index contributed by atoms with van der Waals surface area (Å²) in [5.74, 6) is -1.70. The van der Waals surface area contributed by atoms with E-state index in [1.165, 1.54) is 26.4 Å². The van der Waals surface area contributed by atoms with Crippen molar-refractivity contribution in [3.05, 3.63) is 47.5 Å². The maximum atomic E-state index is 13.4. The topological polar surface area (TPSA) is 175 Å². The molecule has 1 aliphatic heterocycles. The van der Waals surface area contributed by atoms with E-state index in [1.807, 2.05) is 0 Å². The second-order valence-corrected chi connectivity index (χ2v) is 9.88. The number of aliphatic hydroxyl groups is 4. The number of benzene rings is 2. The van der Waals surface area contributed by atoms with Gasteiger partial charge in [0.05, 0.1) is 33.0 Å². The molecule has 1 saturated carbocycles. The van der Waals surface area contributed by atoms with Crippen molar-refractivity contribution in [2.75, 3.05) is 27.4 Å². The third-order valence-electron chi connectivity index (χ3n) is 7.55. The number of aliphatic hydroxyl groups excluding tert-OH is 4. The highest BCUT2D eigenvalue weighted by atomic mass is 16.6. The number of cyclic esters (lactones) is 1. The Morgan fingerprint density at radius 1 is 0.921 bits per heavy atom. The van der Waals surface area contributed by atoms with Crippen LogP contribution in [0.15, 0.2) is 36.4 Å². The summed E-state index contributed by atoms with van der Waals surface area (Å²) in [7, 11) is 2.82. The van der Waals surface area contributed by atoms with Crippen molar-refractivity contribution in [3.63, 3.8) is 0 Å². The van der Waals surface area contributed by atoms with E-state index in [9.17, 15) is 35.4 Å². The fourth-order valence-electron chi connectivity index (χ4n) is 5.34. The first-order valence-electron chi connectivity index (χ1n) is 12.3. The molecule has 11 heteroatoms. The van der Waals surface area contributed by atoms with Gasteiger partial charge < -0.3 is 49.6 Å². The number of aromatic hydroxyl groups is 2. The molecular weight excluding hydrogens is 500 g/mol. The van der Waals surface area contributed by atoms with Crippen molar-refractivity contribution >= 4 is 5.97 Å². The lowest BCUT2D eigenvalue weighted by atomic mass is 9.78. The lowest BCUT2D eigenvalue weighted by molar-refractivity contribution is -0.219. The monoisotopic (exact) mass is 534 g/mol. The zero-order valence-corrected chi connectivity index (χ0v) is 21.2. The van der Waals surface area contributed by atoms with Crippen LogP contribution in [-0.2, 0) is 27.1 Å². The summed E-state index contributed by atoms with van der Waals surface area (Å²) >= 11 is 0. The number of methoxy groups -OCH3 is 2. The van der Waals surface area contributed by atoms with Gasteiger partial charge in [0.25, 0.3) is 0 Å². The molecule has 0 unspecified atom stereocenters. The zero-order valence-electron chi connectivity index (χ0n) is 21.2. The molecule has 0 radical (unpaired) electrons. The van der Waals surface area contributed by atoms with E-state index in [0.29, 0.717) is 5.56 Å². The van der Waals surface area contributed by atoms with Gasteiger partial charge in [-0.15, -0.1) is 0 Å². The molecule has 0 bridgehead atoms. The van der Waals surface area contributed by atoms with Gasteiger partial charge in [-0.3, -0.25) is 0 Å². The Morgan fingerprint density at radius 3 is 2.13 bits per heavy atom. The minimum Gasteiger partial charge on any atom is -0.504 e. The van der Waals surface area contributed by atoms with E-state index in [-0.39, 0.29) is 48.9 Å². The minimum atomic E-state index is -1.64. The number of hydrogen-bond donors (Lipinski definition) is 6. The summed E-state index contributed by atoms with van der Waals surface area (Å²) in [6.45, 7) is -0.456. The number of rotatable bonds is 9. The highest BCUT2D eigenvalue weighted by molar-refractivity contribution is 5.83. The summed E-state index contributed by atoms with van der Waals surface area (Å²) in [4.78, 5) is 13.4. The first kappa shape index (κ1) is 27.9. The van der Waals surface area contributed by atoms with Gasteiger partial charge in [0.2, 0.25) is 0 Å². The van der Waals surface area contributed by atoms with Crippen LogP contribution in [0.5, 0.6) is 23.0 Å². The van der Waals surface area contributed by atoms with Crippen molar-refractivity contribution in [1.29, 1.82) is 0 Å². The van der Waals surface area contributed by atoms with Crippen molar-refractivity contribution in [2.45, 2.75) is 49.3 Å². The quantitative estimate of drug-likeness (QED) is 0.244. The predicted octanol–water partition coefficient (Wildman–Crippen LogP) is 0.292. The van der Waals surface area contributed by atoms with Gasteiger partial charge in [0.1, 0.15) is 12.2 Å². The summed E-state index contributed by atoms with van der Waals surface area (Å²) < 4.78 is 22.3. The van der Waals surface area contributed by atoms with Crippen LogP contribution in [0.1, 0.15) is 17.5 Å². The zero-order chi connectivity index (χ0) is 27.6. The standard InChI is InChI=1S/C27H34O11/c1-35-20-8-14(3-5-18(20)29)7-17-13-37-26(34)27(17,11-15-4-6-19(30)21(9-15)36-2)38-22-10-16(12-28)23(31)25(33)24(22)32/h3-6,8-9,16-17,22-25,28-33H,7,10-13H2,1-2H3/t16-,17+,22-,23-,24+,25+,27+/m1/s1. The van der Waals surface area contributed by atoms with Gasteiger partial charge in [0, 0.05) is 24.9 Å². The van der Waals surface area contributed by atoms with Crippen LogP contribution in [0.25, 0.3) is 0 Å². The largest absolute Gasteiger partial charge is 0.504 e. The molecule has 1 aliphatic carbocycles. The Labute approximate surface area is 219 Å². The molecule has 1 heterocycles. The highest BCUT2D eigenvalue weighted by Gasteiger charge is 2.57. The molecule has 6 N–H and O–H groups in total. The summed E-state index contributed by atoms with van der Waals surface area (Å²) in [5.41, 5.74) is -0.329. The Kier molecular flexibility index (Phi) is 8.34. The van der Waals surface area contributed by atoms with Crippen molar-refractivity contribution in [3.8, 4) is 23.0 Å². The molecule has 38 heavy (non-hydrogen) atoms. The van der Waals surface area contributed by atoms with Gasteiger partial charge in [-0.1, -0.05) is 12.1 Å². The van der Waals surface area contributed by atoms with Crippen molar-refractivity contribution in [1.82, 2.24) is 0 Å². The number of carbonyl (C=O) groups excluding carboxylic acids is 1. The molecule has 11 nitrogen and oxygen atoms in total. The number of phenolic OH excluding ortho intramolecular Hbond substituents is 2. The summed E-state index contributed by atoms with van der Waals surface area (Å²) in [5, 5.41) is 61.2. The van der Waals surface area contributed by atoms with Crippen LogP contribution < -0.4 is 9.47 Å². The average Bonchev–Trinajstić information content (AvgIpc) is 3.20. The molecule has 1 saturated heterocycles. The fraction of sp³-hybridized carbons (Fsp3) is 0.519. The Hall–Kier alpha value is -3.09. The lowest BCUT2D eigenvalue weighted by Gasteiger charge is -2.43. The maximum Gasteiger partial charge on any atom is 0.339 e. The van der Waals surface area contributed by atoms with E-state index in [4.69, 9.17) is 18.9 Å². The van der Waals surface area contributed by atoms with Crippen LogP contribution in [0.3, 0.4) is 0 Å². The predicted molar refractivity (Wildman–Crippen MR) is 132 cm³/mol. The summed E-state index contributed by atoms with van der Waals surface area (Å²) in [6, 6.07) is 9.42. The Balaban J connectivity index is 1.73. The van der Waals surface area contributed by atoms with Crippen LogP contribution in [-0.4, -0.2) is 94.1 Å². The van der Waals surface area contributed by atoms with Gasteiger partial charge >= 0.3 is 5.97 Å².